The Morgan fingerprint density at radius 3 is 1.35 bits per heavy atom. The van der Waals surface area contributed by atoms with Gasteiger partial charge in [0, 0.05) is 11.9 Å². The second-order valence-electron chi connectivity index (χ2n) is 13.7. The van der Waals surface area contributed by atoms with Crippen molar-refractivity contribution < 1.29 is 0 Å². The third-order valence-corrected chi connectivity index (χ3v) is 7.39. The van der Waals surface area contributed by atoms with Gasteiger partial charge in [-0.1, -0.05) is 230 Å². The summed E-state index contributed by atoms with van der Waals surface area (Å²) >= 11 is 0. The molecule has 1 heteroatoms. The largest absolute Gasteiger partial charge is 0.262 e. The average Bonchev–Trinajstić information content (AvgIpc) is 4.01. The first kappa shape index (κ1) is 64.8. The number of rotatable bonds is 8. The van der Waals surface area contributed by atoms with Crippen molar-refractivity contribution in [1.29, 1.82) is 0 Å². The Hall–Kier alpha value is -2.15. The highest BCUT2D eigenvalue weighted by molar-refractivity contribution is 6.12. The molecule has 0 aliphatic heterocycles. The summed E-state index contributed by atoms with van der Waals surface area (Å²) in [6.45, 7) is 56.2. The van der Waals surface area contributed by atoms with Gasteiger partial charge in [0.05, 0.1) is 0 Å². The molecule has 1 aromatic carbocycles. The molecule has 0 heterocycles. The Labute approximate surface area is 333 Å². The molecule has 0 unspecified atom stereocenters. The summed E-state index contributed by atoms with van der Waals surface area (Å²) < 4.78 is 0. The van der Waals surface area contributed by atoms with Gasteiger partial charge in [0.25, 0.3) is 0 Å². The van der Waals surface area contributed by atoms with Crippen LogP contribution in [-0.4, -0.2) is 6.21 Å². The predicted molar refractivity (Wildman–Crippen MR) is 254 cm³/mol. The zero-order chi connectivity index (χ0) is 42.5. The van der Waals surface area contributed by atoms with Gasteiger partial charge in [-0.15, -0.1) is 13.2 Å². The van der Waals surface area contributed by atoms with Gasteiger partial charge < -0.3 is 0 Å². The summed E-state index contributed by atoms with van der Waals surface area (Å²) in [5, 5.41) is 0. The minimum absolute atomic E-state index is 0.812. The molecule has 1 nitrogen and oxygen atoms in total. The number of allylic oxidation sites excluding steroid dienone is 4. The fourth-order valence-corrected chi connectivity index (χ4v) is 3.85. The number of aryl methyl sites for hydroxylation is 1. The zero-order valence-electron chi connectivity index (χ0n) is 40.0. The maximum Gasteiger partial charge on any atom is 0.0348 e. The van der Waals surface area contributed by atoms with Gasteiger partial charge in [-0.05, 0) is 74.1 Å². The maximum atomic E-state index is 4.36. The highest BCUT2D eigenvalue weighted by Crippen LogP contribution is 2.31. The molecule has 0 aromatic heterocycles. The van der Waals surface area contributed by atoms with Crippen LogP contribution in [0.2, 0.25) is 0 Å². The molecule has 3 rings (SSSR count). The van der Waals surface area contributed by atoms with E-state index in [1.54, 1.807) is 0 Å². The summed E-state index contributed by atoms with van der Waals surface area (Å²) in [7, 11) is 0. The van der Waals surface area contributed by atoms with Crippen LogP contribution in [0.3, 0.4) is 0 Å². The molecule has 2 aliphatic rings. The van der Waals surface area contributed by atoms with Crippen molar-refractivity contribution in [1.82, 2.24) is 0 Å². The fourth-order valence-electron chi connectivity index (χ4n) is 3.85. The second kappa shape index (κ2) is 53.2. The van der Waals surface area contributed by atoms with Gasteiger partial charge in [-0.3, -0.25) is 4.99 Å². The topological polar surface area (TPSA) is 12.4 Å². The number of aliphatic imine (C=N–C) groups is 1. The molecule has 0 saturated heterocycles. The van der Waals surface area contributed by atoms with Crippen LogP contribution in [0.5, 0.6) is 0 Å². The van der Waals surface area contributed by atoms with E-state index < -0.39 is 0 Å². The number of hydrogen-bond acceptors (Lipinski definition) is 1. The average molecular weight is 728 g/mol. The SMILES string of the molecule is C=C.C=C(C)N=CC(=C(C)C)c1ccc(C)cc1C(=C)CC.CC.CC.CC.CC(C)C.CC1CCCCC1.CCC1CC1.CCCC.CCCC. The molecule has 52 heavy (non-hydrogen) atoms. The molecule has 0 amide bonds. The molecule has 0 N–H and O–H groups in total. The Bertz CT molecular complexity index is 888. The van der Waals surface area contributed by atoms with Crippen molar-refractivity contribution in [2.45, 2.75) is 222 Å². The molecular weight excluding hydrogens is 627 g/mol. The van der Waals surface area contributed by atoms with E-state index in [4.69, 9.17) is 0 Å². The first-order chi connectivity index (χ1) is 24.7. The van der Waals surface area contributed by atoms with Crippen LogP contribution in [0.1, 0.15) is 232 Å². The lowest BCUT2D eigenvalue weighted by atomic mass is 9.91. The molecule has 1 aromatic rings. The summed E-state index contributed by atoms with van der Waals surface area (Å²) in [4.78, 5) is 4.36. The van der Waals surface area contributed by atoms with Gasteiger partial charge in [0.1, 0.15) is 0 Å². The van der Waals surface area contributed by atoms with E-state index in [-0.39, 0.29) is 0 Å². The van der Waals surface area contributed by atoms with Gasteiger partial charge in [-0.25, -0.2) is 0 Å². The minimum atomic E-state index is 0.812. The predicted octanol–water partition coefficient (Wildman–Crippen LogP) is 19.4. The van der Waals surface area contributed by atoms with Gasteiger partial charge in [-0.2, -0.15) is 0 Å². The molecular formula is C51H101N. The Morgan fingerprint density at radius 1 is 0.712 bits per heavy atom. The van der Waals surface area contributed by atoms with E-state index in [9.17, 15) is 0 Å². The molecule has 2 aliphatic carbocycles. The monoisotopic (exact) mass is 728 g/mol. The summed E-state index contributed by atoms with van der Waals surface area (Å²) in [6, 6.07) is 6.51. The first-order valence-corrected chi connectivity index (χ1v) is 21.9. The van der Waals surface area contributed by atoms with Gasteiger partial charge in [0.2, 0.25) is 0 Å². The van der Waals surface area contributed by atoms with E-state index in [0.717, 1.165) is 41.0 Å². The number of hydrogen-bond donors (Lipinski definition) is 0. The smallest absolute Gasteiger partial charge is 0.0348 e. The van der Waals surface area contributed by atoms with Crippen LogP contribution in [0.15, 0.2) is 60.8 Å². The normalized spacial score (nSPS) is 12.0. The first-order valence-electron chi connectivity index (χ1n) is 21.9. The molecule has 0 spiro atoms. The Balaban J connectivity index is -0.000000104. The summed E-state index contributed by atoms with van der Waals surface area (Å²) in [5.74, 6) is 3.00. The van der Waals surface area contributed by atoms with E-state index in [1.807, 2.05) is 54.7 Å². The van der Waals surface area contributed by atoms with Crippen molar-refractivity contribution in [3.63, 3.8) is 0 Å². The van der Waals surface area contributed by atoms with Crippen molar-refractivity contribution in [2.24, 2.45) is 22.7 Å². The highest BCUT2D eigenvalue weighted by atomic mass is 14.7. The number of benzene rings is 1. The molecule has 2 saturated carbocycles. The fraction of sp³-hybridized carbons (Fsp3) is 0.706. The molecule has 310 valence electrons. The molecule has 0 bridgehead atoms. The third kappa shape index (κ3) is 52.2. The standard InChI is InChI=1S/C19H25N.C7H14.C5H10.3C4H10.3C2H6.C2H4/c1-8-16(7)18-11-15(6)9-10-17(18)19(13(2)3)12-20-14(4)5;1-7-5-3-2-4-6-7;1-2-5-3-4-5;1-4(2)3;2*1-3-4-2;4*1-2/h9-12H,4,7-8H2,1-3,5-6H3;7H,2-6H2,1H3;5H,2-4H2,1H3;4H,1-3H3;2*3-4H2,1-2H3;3*1-2H3;1-2H2. The minimum Gasteiger partial charge on any atom is -0.262 e. The molecule has 2 fully saturated rings. The third-order valence-electron chi connectivity index (χ3n) is 7.39. The number of nitrogens with zero attached hydrogens (tertiary/aromatic N) is 1. The lowest BCUT2D eigenvalue weighted by Crippen LogP contribution is -1.99. The lowest BCUT2D eigenvalue weighted by molar-refractivity contribution is 0.385. The van der Waals surface area contributed by atoms with Crippen LogP contribution in [0.4, 0.5) is 0 Å². The van der Waals surface area contributed by atoms with Crippen LogP contribution < -0.4 is 0 Å². The molecule has 0 radical (unpaired) electrons. The van der Waals surface area contributed by atoms with E-state index in [2.05, 4.69) is 140 Å². The van der Waals surface area contributed by atoms with Crippen LogP contribution in [-0.2, 0) is 0 Å². The van der Waals surface area contributed by atoms with Gasteiger partial charge in [0.15, 0.2) is 0 Å². The maximum absolute atomic E-state index is 4.36. The van der Waals surface area contributed by atoms with Crippen LogP contribution in [0.25, 0.3) is 11.1 Å². The summed E-state index contributed by atoms with van der Waals surface area (Å²) in [6.07, 6.45) is 20.0. The quantitative estimate of drug-likeness (QED) is 0.187. The van der Waals surface area contributed by atoms with Crippen molar-refractivity contribution in [3.8, 4) is 0 Å². The van der Waals surface area contributed by atoms with Gasteiger partial charge >= 0.3 is 0 Å². The Morgan fingerprint density at radius 2 is 1.12 bits per heavy atom. The van der Waals surface area contributed by atoms with Crippen LogP contribution in [0, 0.1) is 24.7 Å². The van der Waals surface area contributed by atoms with E-state index in [1.165, 1.54) is 99.3 Å². The van der Waals surface area contributed by atoms with Crippen molar-refractivity contribution >= 4 is 17.4 Å². The lowest BCUT2D eigenvalue weighted by Gasteiger charge is -2.15. The van der Waals surface area contributed by atoms with E-state index in [0.29, 0.717) is 0 Å². The number of unbranched alkanes of at least 4 members (excludes halogenated alkanes) is 2. The van der Waals surface area contributed by atoms with Crippen molar-refractivity contribution in [2.75, 3.05) is 0 Å². The second-order valence-corrected chi connectivity index (χ2v) is 13.7. The molecule has 0 atom stereocenters. The Kier molecular flexibility index (Phi) is 66.3. The summed E-state index contributed by atoms with van der Waals surface area (Å²) in [5.41, 5.74) is 8.03. The van der Waals surface area contributed by atoms with Crippen molar-refractivity contribution in [3.05, 3.63) is 72.5 Å². The highest BCUT2D eigenvalue weighted by Gasteiger charge is 2.17. The van der Waals surface area contributed by atoms with Crippen LogP contribution >= 0.6 is 0 Å². The van der Waals surface area contributed by atoms with E-state index >= 15 is 0 Å². The zero-order valence-corrected chi connectivity index (χ0v) is 40.0.